The topological polar surface area (TPSA) is 105 Å². The molecule has 4 amide bonds. The van der Waals surface area contributed by atoms with Crippen LogP contribution in [0.3, 0.4) is 0 Å². The number of nitrogens with one attached hydrogen (secondary N) is 2. The summed E-state index contributed by atoms with van der Waals surface area (Å²) in [6.45, 7) is 2.74. The second-order valence-corrected chi connectivity index (χ2v) is 6.69. The van der Waals surface area contributed by atoms with Gasteiger partial charge in [-0.15, -0.1) is 0 Å². The van der Waals surface area contributed by atoms with E-state index in [1.54, 1.807) is 18.2 Å². The smallest absolute Gasteiger partial charge is 0.255 e. The number of piperidine rings is 1. The molecule has 2 aliphatic heterocycles. The molecule has 27 heavy (non-hydrogen) atoms. The molecule has 1 saturated heterocycles. The Morgan fingerprint density at radius 2 is 2.15 bits per heavy atom. The highest BCUT2D eigenvalue weighted by Gasteiger charge is 2.39. The van der Waals surface area contributed by atoms with E-state index in [0.717, 1.165) is 12.8 Å². The number of amides is 4. The average Bonchev–Trinajstić information content (AvgIpc) is 2.97. The van der Waals surface area contributed by atoms with Crippen molar-refractivity contribution in [3.8, 4) is 0 Å². The number of carbonyl (C=O) groups excluding carboxylic acids is 4. The zero-order valence-electron chi connectivity index (χ0n) is 15.2. The van der Waals surface area contributed by atoms with Crippen LogP contribution in [0.15, 0.2) is 18.2 Å². The lowest BCUT2D eigenvalue weighted by Crippen LogP contribution is -2.52. The third-order valence-electron chi connectivity index (χ3n) is 4.73. The Kier molecular flexibility index (Phi) is 5.85. The number of carbonyl (C=O) groups is 4. The van der Waals surface area contributed by atoms with Crippen molar-refractivity contribution in [2.45, 2.75) is 45.2 Å². The fourth-order valence-electron chi connectivity index (χ4n) is 3.30. The van der Waals surface area contributed by atoms with Gasteiger partial charge in [0.2, 0.25) is 17.7 Å². The summed E-state index contributed by atoms with van der Waals surface area (Å²) in [6.07, 6.45) is 2.39. The van der Waals surface area contributed by atoms with Crippen LogP contribution in [-0.4, -0.2) is 47.8 Å². The molecule has 0 spiro atoms. The molecule has 1 aromatic carbocycles. The number of hydrogen-bond donors (Lipinski definition) is 2. The van der Waals surface area contributed by atoms with E-state index in [2.05, 4.69) is 10.6 Å². The normalized spacial score (nSPS) is 19.1. The van der Waals surface area contributed by atoms with Gasteiger partial charge in [0.25, 0.3) is 5.91 Å². The maximum atomic E-state index is 12.7. The number of unbranched alkanes of at least 4 members (excludes halogenated alkanes) is 1. The monoisotopic (exact) mass is 373 g/mol. The maximum absolute atomic E-state index is 12.7. The van der Waals surface area contributed by atoms with Gasteiger partial charge in [0, 0.05) is 36.4 Å². The van der Waals surface area contributed by atoms with Gasteiger partial charge in [-0.25, -0.2) is 0 Å². The first kappa shape index (κ1) is 19.0. The van der Waals surface area contributed by atoms with Crippen molar-refractivity contribution in [2.75, 3.05) is 18.5 Å². The fraction of sp³-hybridized carbons (Fsp3) is 0.474. The minimum absolute atomic E-state index is 0.0472. The maximum Gasteiger partial charge on any atom is 0.255 e. The lowest BCUT2D eigenvalue weighted by Gasteiger charge is -2.29. The van der Waals surface area contributed by atoms with Crippen LogP contribution in [0.5, 0.6) is 0 Å². The van der Waals surface area contributed by atoms with Gasteiger partial charge in [0.1, 0.15) is 12.6 Å². The van der Waals surface area contributed by atoms with Gasteiger partial charge in [-0.3, -0.25) is 24.5 Å². The summed E-state index contributed by atoms with van der Waals surface area (Å²) in [4.78, 5) is 49.7. The van der Waals surface area contributed by atoms with Crippen molar-refractivity contribution in [1.82, 2.24) is 10.2 Å². The van der Waals surface area contributed by atoms with Crippen LogP contribution in [0.25, 0.3) is 0 Å². The Labute approximate surface area is 157 Å². The third-order valence-corrected chi connectivity index (χ3v) is 4.73. The van der Waals surface area contributed by atoms with Gasteiger partial charge in [-0.05, 0) is 25.0 Å². The van der Waals surface area contributed by atoms with Gasteiger partial charge in [0.05, 0.1) is 0 Å². The molecule has 1 aromatic rings. The van der Waals surface area contributed by atoms with Crippen molar-refractivity contribution in [2.24, 2.45) is 0 Å². The molecule has 2 N–H and O–H groups in total. The second-order valence-electron chi connectivity index (χ2n) is 6.69. The molecule has 0 saturated carbocycles. The number of hydrogen-bond acceptors (Lipinski definition) is 5. The van der Waals surface area contributed by atoms with Crippen LogP contribution in [-0.2, 0) is 25.7 Å². The van der Waals surface area contributed by atoms with Gasteiger partial charge in [-0.2, -0.15) is 0 Å². The Morgan fingerprint density at radius 1 is 1.33 bits per heavy atom. The van der Waals surface area contributed by atoms with E-state index >= 15 is 0 Å². The van der Waals surface area contributed by atoms with Crippen LogP contribution in [0.4, 0.5) is 5.69 Å². The van der Waals surface area contributed by atoms with Crippen LogP contribution in [0, 0.1) is 0 Å². The van der Waals surface area contributed by atoms with Gasteiger partial charge < -0.3 is 15.0 Å². The number of fused-ring (bicyclic) bond motifs is 1. The van der Waals surface area contributed by atoms with E-state index in [1.165, 1.54) is 4.90 Å². The molecule has 2 heterocycles. The predicted octanol–water partition coefficient (Wildman–Crippen LogP) is 1.20. The zero-order chi connectivity index (χ0) is 19.4. The molecule has 1 atom stereocenters. The van der Waals surface area contributed by atoms with Crippen molar-refractivity contribution in [1.29, 1.82) is 0 Å². The Balaban J connectivity index is 1.69. The molecule has 3 rings (SSSR count). The molecule has 8 heteroatoms. The summed E-state index contributed by atoms with van der Waals surface area (Å²) < 4.78 is 5.31. The van der Waals surface area contributed by atoms with E-state index in [1.807, 2.05) is 6.92 Å². The van der Waals surface area contributed by atoms with Crippen LogP contribution in [0.1, 0.15) is 48.5 Å². The molecule has 1 unspecified atom stereocenters. The molecule has 8 nitrogen and oxygen atoms in total. The summed E-state index contributed by atoms with van der Waals surface area (Å²) in [5, 5.41) is 5.06. The van der Waals surface area contributed by atoms with Crippen LogP contribution < -0.4 is 10.6 Å². The number of nitrogens with zero attached hydrogens (tertiary/aromatic N) is 1. The van der Waals surface area contributed by atoms with E-state index in [0.29, 0.717) is 29.8 Å². The quantitative estimate of drug-likeness (QED) is 0.552. The van der Waals surface area contributed by atoms with Crippen molar-refractivity contribution >= 4 is 29.3 Å². The summed E-state index contributed by atoms with van der Waals surface area (Å²) in [6, 6.07) is 4.42. The van der Waals surface area contributed by atoms with E-state index in [9.17, 15) is 19.2 Å². The second kappa shape index (κ2) is 8.30. The summed E-state index contributed by atoms with van der Waals surface area (Å²) in [5.74, 6) is -1.33. The van der Waals surface area contributed by atoms with E-state index in [-0.39, 0.29) is 37.3 Å². The lowest BCUT2D eigenvalue weighted by molar-refractivity contribution is -0.137. The fourth-order valence-corrected chi connectivity index (χ4v) is 3.30. The van der Waals surface area contributed by atoms with Gasteiger partial charge >= 0.3 is 0 Å². The predicted molar refractivity (Wildman–Crippen MR) is 96.8 cm³/mol. The first-order valence-electron chi connectivity index (χ1n) is 9.15. The van der Waals surface area contributed by atoms with Crippen molar-refractivity contribution < 1.29 is 23.9 Å². The molecule has 1 fully saturated rings. The SMILES string of the molecule is CCCCOCC(=O)Nc1cccc2c1CN(C1CCC(=O)NC1=O)C2=O. The molecule has 2 aliphatic rings. The highest BCUT2D eigenvalue weighted by Crippen LogP contribution is 2.32. The highest BCUT2D eigenvalue weighted by atomic mass is 16.5. The first-order valence-corrected chi connectivity index (χ1v) is 9.15. The van der Waals surface area contributed by atoms with Crippen molar-refractivity contribution in [3.63, 3.8) is 0 Å². The molecule has 0 aromatic heterocycles. The average molecular weight is 373 g/mol. The first-order chi connectivity index (χ1) is 13.0. The standard InChI is InChI=1S/C19H23N3O5/c1-2-3-9-27-11-17(24)20-14-6-4-5-12-13(14)10-22(19(12)26)15-7-8-16(23)21-18(15)25/h4-6,15H,2-3,7-11H2,1H3,(H,20,24)(H,21,23,25). The molecule has 0 bridgehead atoms. The largest absolute Gasteiger partial charge is 0.372 e. The molecule has 0 aliphatic carbocycles. The van der Waals surface area contributed by atoms with E-state index in [4.69, 9.17) is 4.74 Å². The Hall–Kier alpha value is -2.74. The number of benzene rings is 1. The number of imide groups is 1. The zero-order valence-corrected chi connectivity index (χ0v) is 15.2. The van der Waals surface area contributed by atoms with E-state index < -0.39 is 11.9 Å². The minimum atomic E-state index is -0.677. The van der Waals surface area contributed by atoms with Gasteiger partial charge in [-0.1, -0.05) is 19.4 Å². The Bertz CT molecular complexity index is 777. The molecular formula is C19H23N3O5. The highest BCUT2D eigenvalue weighted by molar-refractivity contribution is 6.06. The summed E-state index contributed by atoms with van der Waals surface area (Å²) in [5.41, 5.74) is 1.68. The summed E-state index contributed by atoms with van der Waals surface area (Å²) >= 11 is 0. The minimum Gasteiger partial charge on any atom is -0.372 e. The Morgan fingerprint density at radius 3 is 2.89 bits per heavy atom. The number of anilines is 1. The van der Waals surface area contributed by atoms with Crippen LogP contribution in [0.2, 0.25) is 0 Å². The molecular weight excluding hydrogens is 350 g/mol. The number of rotatable bonds is 7. The molecule has 0 radical (unpaired) electrons. The van der Waals surface area contributed by atoms with Crippen molar-refractivity contribution in [3.05, 3.63) is 29.3 Å². The van der Waals surface area contributed by atoms with Crippen LogP contribution >= 0.6 is 0 Å². The summed E-state index contributed by atoms with van der Waals surface area (Å²) in [7, 11) is 0. The lowest BCUT2D eigenvalue weighted by atomic mass is 10.0. The van der Waals surface area contributed by atoms with Gasteiger partial charge in [0.15, 0.2) is 0 Å². The molecule has 144 valence electrons. The third kappa shape index (κ3) is 4.16. The number of ether oxygens (including phenoxy) is 1.